The molecular formula is C14H24N2O2. The van der Waals surface area contributed by atoms with Crippen molar-refractivity contribution in [1.29, 1.82) is 0 Å². The predicted molar refractivity (Wildman–Crippen MR) is 69.9 cm³/mol. The molecule has 3 unspecified atom stereocenters. The third-order valence-corrected chi connectivity index (χ3v) is 4.46. The highest BCUT2D eigenvalue weighted by Crippen LogP contribution is 2.52. The van der Waals surface area contributed by atoms with E-state index in [1.165, 1.54) is 0 Å². The van der Waals surface area contributed by atoms with Crippen LogP contribution in [0, 0.1) is 11.3 Å². The first kappa shape index (κ1) is 13.4. The maximum absolute atomic E-state index is 12.4. The molecule has 2 rings (SSSR count). The fourth-order valence-corrected chi connectivity index (χ4v) is 2.74. The van der Waals surface area contributed by atoms with E-state index in [4.69, 9.17) is 0 Å². The maximum Gasteiger partial charge on any atom is 0.245 e. The first-order chi connectivity index (χ1) is 8.36. The number of hydrogen-bond donors (Lipinski definition) is 1. The molecule has 2 aliphatic rings. The van der Waals surface area contributed by atoms with E-state index in [9.17, 15) is 9.59 Å². The van der Waals surface area contributed by atoms with Crippen molar-refractivity contribution in [3.05, 3.63) is 0 Å². The molecule has 1 saturated heterocycles. The lowest BCUT2D eigenvalue weighted by Crippen LogP contribution is -2.62. The van der Waals surface area contributed by atoms with Crippen molar-refractivity contribution in [2.45, 2.75) is 59.0 Å². The summed E-state index contributed by atoms with van der Waals surface area (Å²) in [5.41, 5.74) is 0.341. The molecule has 0 aromatic rings. The van der Waals surface area contributed by atoms with Gasteiger partial charge in [0.2, 0.25) is 11.8 Å². The van der Waals surface area contributed by atoms with Gasteiger partial charge in [0.1, 0.15) is 12.1 Å². The van der Waals surface area contributed by atoms with Crippen LogP contribution in [0.1, 0.15) is 47.0 Å². The van der Waals surface area contributed by atoms with E-state index in [1.54, 1.807) is 4.90 Å². The van der Waals surface area contributed by atoms with Gasteiger partial charge in [-0.1, -0.05) is 27.2 Å². The molecule has 1 aliphatic heterocycles. The van der Waals surface area contributed by atoms with Gasteiger partial charge < -0.3 is 10.2 Å². The van der Waals surface area contributed by atoms with Gasteiger partial charge in [0.05, 0.1) is 0 Å². The lowest BCUT2D eigenvalue weighted by molar-refractivity contribution is -0.149. The monoisotopic (exact) mass is 252 g/mol. The van der Waals surface area contributed by atoms with E-state index in [0.29, 0.717) is 11.3 Å². The molecule has 0 spiro atoms. The minimum absolute atomic E-state index is 0.00786. The lowest BCUT2D eigenvalue weighted by atomic mass is 10.0. The SMILES string of the molecule is CCCC1NC(=O)C(C)N(CC2CC2(C)C)C1=O. The van der Waals surface area contributed by atoms with Crippen molar-refractivity contribution in [2.24, 2.45) is 11.3 Å². The van der Waals surface area contributed by atoms with E-state index in [0.717, 1.165) is 25.8 Å². The first-order valence-corrected chi connectivity index (χ1v) is 6.97. The van der Waals surface area contributed by atoms with Crippen LogP contribution in [0.25, 0.3) is 0 Å². The van der Waals surface area contributed by atoms with Gasteiger partial charge in [-0.25, -0.2) is 0 Å². The molecule has 18 heavy (non-hydrogen) atoms. The minimum Gasteiger partial charge on any atom is -0.343 e. The van der Waals surface area contributed by atoms with Crippen molar-refractivity contribution < 1.29 is 9.59 Å². The van der Waals surface area contributed by atoms with Crippen LogP contribution in [-0.4, -0.2) is 35.3 Å². The van der Waals surface area contributed by atoms with Gasteiger partial charge in [-0.2, -0.15) is 0 Å². The van der Waals surface area contributed by atoms with Crippen LogP contribution >= 0.6 is 0 Å². The number of nitrogens with zero attached hydrogens (tertiary/aromatic N) is 1. The largest absolute Gasteiger partial charge is 0.343 e. The molecular weight excluding hydrogens is 228 g/mol. The predicted octanol–water partition coefficient (Wildman–Crippen LogP) is 1.55. The highest BCUT2D eigenvalue weighted by Gasteiger charge is 2.49. The summed E-state index contributed by atoms with van der Waals surface area (Å²) in [5, 5.41) is 2.83. The first-order valence-electron chi connectivity index (χ1n) is 6.97. The van der Waals surface area contributed by atoms with Crippen LogP contribution in [0.2, 0.25) is 0 Å². The van der Waals surface area contributed by atoms with Crippen molar-refractivity contribution in [3.8, 4) is 0 Å². The van der Waals surface area contributed by atoms with Crippen LogP contribution in [0.4, 0.5) is 0 Å². The Labute approximate surface area is 109 Å². The zero-order valence-corrected chi connectivity index (χ0v) is 11.8. The summed E-state index contributed by atoms with van der Waals surface area (Å²) in [6, 6.07) is -0.623. The minimum atomic E-state index is -0.318. The molecule has 102 valence electrons. The molecule has 4 nitrogen and oxygen atoms in total. The number of carbonyl (C=O) groups is 2. The zero-order valence-electron chi connectivity index (χ0n) is 11.8. The van der Waals surface area contributed by atoms with Gasteiger partial charge >= 0.3 is 0 Å². The summed E-state index contributed by atoms with van der Waals surface area (Å²) in [6.45, 7) is 9.04. The van der Waals surface area contributed by atoms with Gasteiger partial charge in [0, 0.05) is 6.54 Å². The quantitative estimate of drug-likeness (QED) is 0.825. The summed E-state index contributed by atoms with van der Waals surface area (Å²) in [4.78, 5) is 26.0. The Bertz CT molecular complexity index is 365. The van der Waals surface area contributed by atoms with Gasteiger partial charge in [-0.3, -0.25) is 9.59 Å². The fraction of sp³-hybridized carbons (Fsp3) is 0.857. The zero-order chi connectivity index (χ0) is 13.5. The topological polar surface area (TPSA) is 49.4 Å². The lowest BCUT2D eigenvalue weighted by Gasteiger charge is -2.37. The molecule has 0 radical (unpaired) electrons. The normalized spacial score (nSPS) is 34.4. The van der Waals surface area contributed by atoms with E-state index in [1.807, 2.05) is 13.8 Å². The van der Waals surface area contributed by atoms with Crippen LogP contribution in [0.15, 0.2) is 0 Å². The average molecular weight is 252 g/mol. The Kier molecular flexibility index (Phi) is 3.39. The molecule has 4 heteroatoms. The maximum atomic E-state index is 12.4. The molecule has 1 heterocycles. The van der Waals surface area contributed by atoms with E-state index in [2.05, 4.69) is 19.2 Å². The van der Waals surface area contributed by atoms with Crippen molar-refractivity contribution in [2.75, 3.05) is 6.54 Å². The van der Waals surface area contributed by atoms with E-state index >= 15 is 0 Å². The van der Waals surface area contributed by atoms with Crippen LogP contribution < -0.4 is 5.32 Å². The molecule has 0 aromatic heterocycles. The second kappa shape index (κ2) is 4.56. The summed E-state index contributed by atoms with van der Waals surface area (Å²) in [5.74, 6) is 0.648. The smallest absolute Gasteiger partial charge is 0.245 e. The Morgan fingerprint density at radius 3 is 2.50 bits per heavy atom. The summed E-state index contributed by atoms with van der Waals surface area (Å²) in [7, 11) is 0. The van der Waals surface area contributed by atoms with Crippen molar-refractivity contribution in [3.63, 3.8) is 0 Å². The van der Waals surface area contributed by atoms with Crippen LogP contribution in [-0.2, 0) is 9.59 Å². The Morgan fingerprint density at radius 1 is 1.39 bits per heavy atom. The van der Waals surface area contributed by atoms with Gasteiger partial charge in [0.15, 0.2) is 0 Å². The number of amides is 2. The molecule has 3 atom stereocenters. The van der Waals surface area contributed by atoms with Crippen molar-refractivity contribution >= 4 is 11.8 Å². The summed E-state index contributed by atoms with van der Waals surface area (Å²) >= 11 is 0. The third kappa shape index (κ3) is 2.38. The molecule has 1 N–H and O–H groups in total. The van der Waals surface area contributed by atoms with Gasteiger partial charge in [-0.15, -0.1) is 0 Å². The van der Waals surface area contributed by atoms with E-state index < -0.39 is 0 Å². The number of hydrogen-bond acceptors (Lipinski definition) is 2. The molecule has 2 amide bonds. The third-order valence-electron chi connectivity index (χ3n) is 4.46. The Hall–Kier alpha value is -1.06. The second-order valence-electron chi connectivity index (χ2n) is 6.41. The highest BCUT2D eigenvalue weighted by molar-refractivity contribution is 5.96. The summed E-state index contributed by atoms with van der Waals surface area (Å²) in [6.07, 6.45) is 2.80. The second-order valence-corrected chi connectivity index (χ2v) is 6.41. The standard InChI is InChI=1S/C14H24N2O2/c1-5-6-11-13(18)16(9(2)12(17)15-11)8-10-7-14(10,3)4/h9-11H,5-8H2,1-4H3,(H,15,17). The van der Waals surface area contributed by atoms with E-state index in [-0.39, 0.29) is 23.9 Å². The highest BCUT2D eigenvalue weighted by atomic mass is 16.2. The van der Waals surface area contributed by atoms with Crippen LogP contribution in [0.5, 0.6) is 0 Å². The number of carbonyl (C=O) groups excluding carboxylic acids is 2. The van der Waals surface area contributed by atoms with Gasteiger partial charge in [0.25, 0.3) is 0 Å². The van der Waals surface area contributed by atoms with Gasteiger partial charge in [-0.05, 0) is 31.1 Å². The molecule has 2 fully saturated rings. The number of piperazine rings is 1. The Balaban J connectivity index is 2.05. The van der Waals surface area contributed by atoms with Crippen molar-refractivity contribution in [1.82, 2.24) is 10.2 Å². The Morgan fingerprint density at radius 2 is 2.00 bits per heavy atom. The number of nitrogens with one attached hydrogen (secondary N) is 1. The molecule has 0 aromatic carbocycles. The summed E-state index contributed by atoms with van der Waals surface area (Å²) < 4.78 is 0. The molecule has 1 saturated carbocycles. The fourth-order valence-electron chi connectivity index (χ4n) is 2.74. The number of rotatable bonds is 4. The molecule has 0 bridgehead atoms. The average Bonchev–Trinajstić information content (AvgIpc) is 2.89. The van der Waals surface area contributed by atoms with Crippen LogP contribution in [0.3, 0.4) is 0 Å². The molecule has 1 aliphatic carbocycles.